The van der Waals surface area contributed by atoms with E-state index in [1.165, 1.54) is 17.0 Å². The summed E-state index contributed by atoms with van der Waals surface area (Å²) in [6.07, 6.45) is 0.684. The van der Waals surface area contributed by atoms with Crippen LogP contribution in [0.15, 0.2) is 18.2 Å². The standard InChI is InChI=1S/C17H23FN4O2/c1-5-24-13-6-7-16(15(18)10-13)19-17(23)22(4)9-8-14-11(2)20-21-12(14)3/h6-7,10H,5,8-9H2,1-4H3,(H,19,23)(H,20,21). The molecule has 1 aromatic carbocycles. The van der Waals surface area contributed by atoms with E-state index >= 15 is 0 Å². The first-order valence-electron chi connectivity index (χ1n) is 7.87. The first-order valence-corrected chi connectivity index (χ1v) is 7.87. The summed E-state index contributed by atoms with van der Waals surface area (Å²) in [6, 6.07) is 4.02. The van der Waals surface area contributed by atoms with E-state index in [-0.39, 0.29) is 11.7 Å². The summed E-state index contributed by atoms with van der Waals surface area (Å²) in [5.74, 6) is -0.0866. The summed E-state index contributed by atoms with van der Waals surface area (Å²) in [6.45, 7) is 6.66. The molecule has 0 spiro atoms. The molecular weight excluding hydrogens is 311 g/mol. The number of nitrogens with zero attached hydrogens (tertiary/aromatic N) is 2. The minimum atomic E-state index is -0.524. The number of benzene rings is 1. The number of urea groups is 1. The van der Waals surface area contributed by atoms with E-state index < -0.39 is 5.82 Å². The van der Waals surface area contributed by atoms with E-state index in [0.717, 1.165) is 17.0 Å². The largest absolute Gasteiger partial charge is 0.494 e. The molecule has 24 heavy (non-hydrogen) atoms. The lowest BCUT2D eigenvalue weighted by atomic mass is 10.1. The van der Waals surface area contributed by atoms with Crippen LogP contribution in [-0.2, 0) is 6.42 Å². The number of aromatic nitrogens is 2. The summed E-state index contributed by atoms with van der Waals surface area (Å²) in [7, 11) is 1.67. The molecule has 7 heteroatoms. The molecule has 0 aliphatic heterocycles. The number of nitrogens with one attached hydrogen (secondary N) is 2. The number of carbonyl (C=O) groups excluding carboxylic acids is 1. The number of aryl methyl sites for hydroxylation is 2. The van der Waals surface area contributed by atoms with Crippen LogP contribution in [0.3, 0.4) is 0 Å². The van der Waals surface area contributed by atoms with Crippen LogP contribution in [0, 0.1) is 19.7 Å². The molecule has 1 heterocycles. The second kappa shape index (κ2) is 7.81. The minimum Gasteiger partial charge on any atom is -0.494 e. The smallest absolute Gasteiger partial charge is 0.321 e. The molecule has 0 radical (unpaired) electrons. The number of hydrogen-bond acceptors (Lipinski definition) is 3. The zero-order chi connectivity index (χ0) is 17.7. The molecule has 2 rings (SSSR count). The van der Waals surface area contributed by atoms with Gasteiger partial charge in [0, 0.05) is 25.4 Å². The molecule has 6 nitrogen and oxygen atoms in total. The average Bonchev–Trinajstić information content (AvgIpc) is 2.86. The highest BCUT2D eigenvalue weighted by atomic mass is 19.1. The molecule has 2 aromatic rings. The molecule has 1 aromatic heterocycles. The number of hydrogen-bond donors (Lipinski definition) is 2. The average molecular weight is 334 g/mol. The van der Waals surface area contributed by atoms with Crippen LogP contribution in [0.1, 0.15) is 23.9 Å². The van der Waals surface area contributed by atoms with Gasteiger partial charge in [-0.3, -0.25) is 5.10 Å². The molecule has 0 saturated carbocycles. The molecule has 0 aliphatic rings. The third-order valence-corrected chi connectivity index (χ3v) is 3.82. The lowest BCUT2D eigenvalue weighted by Gasteiger charge is -2.18. The minimum absolute atomic E-state index is 0.131. The van der Waals surface area contributed by atoms with Gasteiger partial charge in [-0.2, -0.15) is 5.10 Å². The lowest BCUT2D eigenvalue weighted by Crippen LogP contribution is -2.33. The highest BCUT2D eigenvalue weighted by Crippen LogP contribution is 2.21. The number of amides is 2. The fourth-order valence-corrected chi connectivity index (χ4v) is 2.39. The van der Waals surface area contributed by atoms with Gasteiger partial charge in [0.15, 0.2) is 0 Å². The van der Waals surface area contributed by atoms with Crippen LogP contribution in [0.4, 0.5) is 14.9 Å². The zero-order valence-electron chi connectivity index (χ0n) is 14.4. The van der Waals surface area contributed by atoms with E-state index in [4.69, 9.17) is 4.74 Å². The van der Waals surface area contributed by atoms with E-state index in [1.807, 2.05) is 20.8 Å². The molecule has 0 aliphatic carbocycles. The summed E-state index contributed by atoms with van der Waals surface area (Å²) in [5, 5.41) is 9.63. The predicted molar refractivity (Wildman–Crippen MR) is 91.0 cm³/mol. The predicted octanol–water partition coefficient (Wildman–Crippen LogP) is 3.27. The Labute approximate surface area is 141 Å². The summed E-state index contributed by atoms with van der Waals surface area (Å²) in [5.41, 5.74) is 3.16. The summed E-state index contributed by atoms with van der Waals surface area (Å²) in [4.78, 5) is 13.7. The van der Waals surface area contributed by atoms with Crippen LogP contribution in [0.5, 0.6) is 5.75 Å². The monoisotopic (exact) mass is 334 g/mol. The third-order valence-electron chi connectivity index (χ3n) is 3.82. The van der Waals surface area contributed by atoms with Crippen LogP contribution in [0.25, 0.3) is 0 Å². The number of anilines is 1. The van der Waals surface area contributed by atoms with Gasteiger partial charge in [-0.25, -0.2) is 9.18 Å². The molecule has 0 fully saturated rings. The topological polar surface area (TPSA) is 70.2 Å². The Morgan fingerprint density at radius 1 is 1.42 bits per heavy atom. The molecule has 0 bridgehead atoms. The van der Waals surface area contributed by atoms with E-state index in [2.05, 4.69) is 15.5 Å². The maximum absolute atomic E-state index is 14.0. The van der Waals surface area contributed by atoms with Gasteiger partial charge in [0.1, 0.15) is 11.6 Å². The van der Waals surface area contributed by atoms with Crippen LogP contribution >= 0.6 is 0 Å². The highest BCUT2D eigenvalue weighted by molar-refractivity contribution is 5.89. The fraction of sp³-hybridized carbons (Fsp3) is 0.412. The van der Waals surface area contributed by atoms with Crippen molar-refractivity contribution in [2.24, 2.45) is 0 Å². The van der Waals surface area contributed by atoms with Crippen LogP contribution in [-0.4, -0.2) is 41.3 Å². The molecule has 0 unspecified atom stereocenters. The van der Waals surface area contributed by atoms with Gasteiger partial charge in [0.25, 0.3) is 0 Å². The molecule has 2 amide bonds. The first-order chi connectivity index (χ1) is 11.4. The van der Waals surface area contributed by atoms with Crippen molar-refractivity contribution < 1.29 is 13.9 Å². The fourth-order valence-electron chi connectivity index (χ4n) is 2.39. The van der Waals surface area contributed by atoms with Gasteiger partial charge in [0.05, 0.1) is 18.0 Å². The molecule has 0 saturated heterocycles. The third kappa shape index (κ3) is 4.24. The van der Waals surface area contributed by atoms with Gasteiger partial charge in [-0.15, -0.1) is 0 Å². The number of ether oxygens (including phenoxy) is 1. The van der Waals surface area contributed by atoms with E-state index in [0.29, 0.717) is 25.3 Å². The van der Waals surface area contributed by atoms with Gasteiger partial charge < -0.3 is 15.0 Å². The quantitative estimate of drug-likeness (QED) is 0.852. The number of H-pyrrole nitrogens is 1. The summed E-state index contributed by atoms with van der Waals surface area (Å²) >= 11 is 0. The Balaban J connectivity index is 1.94. The Kier molecular flexibility index (Phi) is 5.78. The van der Waals surface area contributed by atoms with Crippen molar-refractivity contribution in [1.29, 1.82) is 0 Å². The molecule has 0 atom stereocenters. The Morgan fingerprint density at radius 3 is 2.75 bits per heavy atom. The van der Waals surface area contributed by atoms with Gasteiger partial charge in [-0.05, 0) is 44.9 Å². The van der Waals surface area contributed by atoms with Crippen molar-refractivity contribution >= 4 is 11.7 Å². The first kappa shape index (κ1) is 17.8. The van der Waals surface area contributed by atoms with Crippen molar-refractivity contribution in [1.82, 2.24) is 15.1 Å². The van der Waals surface area contributed by atoms with Gasteiger partial charge >= 0.3 is 6.03 Å². The number of rotatable bonds is 6. The number of aromatic amines is 1. The lowest BCUT2D eigenvalue weighted by molar-refractivity contribution is 0.223. The molecule has 130 valence electrons. The second-order valence-corrected chi connectivity index (χ2v) is 5.59. The zero-order valence-corrected chi connectivity index (χ0v) is 14.4. The van der Waals surface area contributed by atoms with Gasteiger partial charge in [-0.1, -0.05) is 0 Å². The Bertz CT molecular complexity index is 695. The molecule has 2 N–H and O–H groups in total. The Hall–Kier alpha value is -2.57. The van der Waals surface area contributed by atoms with Crippen molar-refractivity contribution in [3.8, 4) is 5.75 Å². The number of halogens is 1. The van der Waals surface area contributed by atoms with Crippen molar-refractivity contribution in [3.05, 3.63) is 41.0 Å². The normalized spacial score (nSPS) is 10.5. The highest BCUT2D eigenvalue weighted by Gasteiger charge is 2.14. The van der Waals surface area contributed by atoms with Gasteiger partial charge in [0.2, 0.25) is 0 Å². The van der Waals surface area contributed by atoms with E-state index in [9.17, 15) is 9.18 Å². The number of likely N-dealkylation sites (N-methyl/N-ethyl adjacent to an activating group) is 1. The van der Waals surface area contributed by atoms with Crippen molar-refractivity contribution in [2.75, 3.05) is 25.5 Å². The summed E-state index contributed by atoms with van der Waals surface area (Å²) < 4.78 is 19.2. The Morgan fingerprint density at radius 2 is 2.17 bits per heavy atom. The van der Waals surface area contributed by atoms with Crippen molar-refractivity contribution in [2.45, 2.75) is 27.2 Å². The van der Waals surface area contributed by atoms with Crippen LogP contribution < -0.4 is 10.1 Å². The van der Waals surface area contributed by atoms with Crippen molar-refractivity contribution in [3.63, 3.8) is 0 Å². The maximum Gasteiger partial charge on any atom is 0.321 e. The SMILES string of the molecule is CCOc1ccc(NC(=O)N(C)CCc2c(C)n[nH]c2C)c(F)c1. The number of carbonyl (C=O) groups is 1. The molecular formula is C17H23FN4O2. The van der Waals surface area contributed by atoms with Crippen LogP contribution in [0.2, 0.25) is 0 Å². The second-order valence-electron chi connectivity index (χ2n) is 5.59. The maximum atomic E-state index is 14.0. The van der Waals surface area contributed by atoms with E-state index in [1.54, 1.807) is 13.1 Å².